The Morgan fingerprint density at radius 3 is 2.58 bits per heavy atom. The van der Waals surface area contributed by atoms with Gasteiger partial charge in [0.25, 0.3) is 5.56 Å². The number of rotatable bonds is 8. The van der Waals surface area contributed by atoms with Crippen LogP contribution in [0.5, 0.6) is 11.5 Å². The SMILES string of the molecule is COc1cc2ncn(CCCC(=O)N(C)C(C)CN)c(=O)c2cc1OC. The number of benzene rings is 1. The van der Waals surface area contributed by atoms with Crippen molar-refractivity contribution in [2.75, 3.05) is 27.8 Å². The molecule has 2 rings (SSSR count). The number of hydrogen-bond donors (Lipinski definition) is 1. The van der Waals surface area contributed by atoms with Gasteiger partial charge in [0.1, 0.15) is 0 Å². The predicted molar refractivity (Wildman–Crippen MR) is 99.6 cm³/mol. The molecular weight excluding hydrogens is 336 g/mol. The van der Waals surface area contributed by atoms with Crippen molar-refractivity contribution in [3.63, 3.8) is 0 Å². The number of carbonyl (C=O) groups excluding carboxylic acids is 1. The van der Waals surface area contributed by atoms with Gasteiger partial charge < -0.3 is 20.1 Å². The van der Waals surface area contributed by atoms with Crippen molar-refractivity contribution in [1.29, 1.82) is 0 Å². The van der Waals surface area contributed by atoms with E-state index in [4.69, 9.17) is 15.2 Å². The number of methoxy groups -OCH3 is 2. The first-order valence-electron chi connectivity index (χ1n) is 8.49. The van der Waals surface area contributed by atoms with Crippen LogP contribution in [0.3, 0.4) is 0 Å². The molecule has 1 amide bonds. The fraction of sp³-hybridized carbons (Fsp3) is 0.500. The molecule has 0 spiro atoms. The number of nitrogens with two attached hydrogens (primary N) is 1. The highest BCUT2D eigenvalue weighted by atomic mass is 16.5. The van der Waals surface area contributed by atoms with Crippen molar-refractivity contribution in [3.05, 3.63) is 28.8 Å². The fourth-order valence-electron chi connectivity index (χ4n) is 2.63. The minimum atomic E-state index is -0.174. The average molecular weight is 362 g/mol. The molecule has 0 aliphatic heterocycles. The van der Waals surface area contributed by atoms with Gasteiger partial charge in [-0.05, 0) is 19.4 Å². The van der Waals surface area contributed by atoms with Crippen LogP contribution < -0.4 is 20.8 Å². The number of ether oxygens (including phenoxy) is 2. The smallest absolute Gasteiger partial charge is 0.261 e. The van der Waals surface area contributed by atoms with Crippen LogP contribution in [-0.4, -0.2) is 54.2 Å². The molecule has 0 radical (unpaired) electrons. The second-order valence-corrected chi connectivity index (χ2v) is 6.16. The average Bonchev–Trinajstić information content (AvgIpc) is 2.67. The van der Waals surface area contributed by atoms with Crippen LogP contribution in [0, 0.1) is 0 Å². The third kappa shape index (κ3) is 4.13. The van der Waals surface area contributed by atoms with Crippen LogP contribution in [0.2, 0.25) is 0 Å². The summed E-state index contributed by atoms with van der Waals surface area (Å²) in [5.41, 5.74) is 5.95. The molecule has 1 aromatic heterocycles. The molecule has 8 heteroatoms. The van der Waals surface area contributed by atoms with Crippen molar-refractivity contribution < 1.29 is 14.3 Å². The van der Waals surface area contributed by atoms with Crippen LogP contribution in [0.25, 0.3) is 10.9 Å². The van der Waals surface area contributed by atoms with Crippen molar-refractivity contribution in [2.24, 2.45) is 5.73 Å². The maximum atomic E-state index is 12.7. The third-order valence-electron chi connectivity index (χ3n) is 4.51. The summed E-state index contributed by atoms with van der Waals surface area (Å²) in [6.07, 6.45) is 2.38. The summed E-state index contributed by atoms with van der Waals surface area (Å²) in [5.74, 6) is 1.01. The Labute approximate surface area is 152 Å². The van der Waals surface area contributed by atoms with E-state index in [0.29, 0.717) is 48.3 Å². The van der Waals surface area contributed by atoms with E-state index in [1.807, 2.05) is 6.92 Å². The van der Waals surface area contributed by atoms with Gasteiger partial charge >= 0.3 is 0 Å². The number of hydrogen-bond acceptors (Lipinski definition) is 6. The van der Waals surface area contributed by atoms with Crippen LogP contribution >= 0.6 is 0 Å². The highest BCUT2D eigenvalue weighted by Crippen LogP contribution is 2.29. The number of likely N-dealkylation sites (N-methyl/N-ethyl adjacent to an activating group) is 1. The lowest BCUT2D eigenvalue weighted by Gasteiger charge is -2.23. The summed E-state index contributed by atoms with van der Waals surface area (Å²) in [6.45, 7) is 2.73. The normalized spacial score (nSPS) is 12.0. The lowest BCUT2D eigenvalue weighted by Crippen LogP contribution is -2.39. The maximum Gasteiger partial charge on any atom is 0.261 e. The van der Waals surface area contributed by atoms with Gasteiger partial charge in [0, 0.05) is 38.7 Å². The van der Waals surface area contributed by atoms with E-state index in [2.05, 4.69) is 4.98 Å². The Morgan fingerprint density at radius 2 is 1.96 bits per heavy atom. The molecule has 26 heavy (non-hydrogen) atoms. The molecule has 142 valence electrons. The Kier molecular flexibility index (Phi) is 6.57. The first-order chi connectivity index (χ1) is 12.4. The second-order valence-electron chi connectivity index (χ2n) is 6.16. The van der Waals surface area contributed by atoms with E-state index in [0.717, 1.165) is 0 Å². The number of aryl methyl sites for hydroxylation is 1. The summed E-state index contributed by atoms with van der Waals surface area (Å²) in [7, 11) is 4.79. The Balaban J connectivity index is 2.15. The zero-order chi connectivity index (χ0) is 19.3. The molecule has 2 aromatic rings. The number of aromatic nitrogens is 2. The lowest BCUT2D eigenvalue weighted by molar-refractivity contribution is -0.131. The molecule has 0 saturated heterocycles. The van der Waals surface area contributed by atoms with Gasteiger partial charge in [-0.15, -0.1) is 0 Å². The minimum Gasteiger partial charge on any atom is -0.493 e. The van der Waals surface area contributed by atoms with E-state index in [9.17, 15) is 9.59 Å². The molecular formula is C18H26N4O4. The zero-order valence-electron chi connectivity index (χ0n) is 15.7. The lowest BCUT2D eigenvalue weighted by atomic mass is 10.2. The van der Waals surface area contributed by atoms with Crippen molar-refractivity contribution in [2.45, 2.75) is 32.4 Å². The highest BCUT2D eigenvalue weighted by Gasteiger charge is 2.15. The molecule has 0 saturated carbocycles. The van der Waals surface area contributed by atoms with E-state index >= 15 is 0 Å². The van der Waals surface area contributed by atoms with E-state index < -0.39 is 0 Å². The largest absolute Gasteiger partial charge is 0.493 e. The molecule has 1 aromatic carbocycles. The maximum absolute atomic E-state index is 12.7. The first kappa shape index (κ1) is 19.7. The van der Waals surface area contributed by atoms with Crippen molar-refractivity contribution in [1.82, 2.24) is 14.5 Å². The number of fused-ring (bicyclic) bond motifs is 1. The van der Waals surface area contributed by atoms with Crippen LogP contribution in [0.4, 0.5) is 0 Å². The molecule has 8 nitrogen and oxygen atoms in total. The first-order valence-corrected chi connectivity index (χ1v) is 8.49. The molecule has 0 fully saturated rings. The highest BCUT2D eigenvalue weighted by molar-refractivity contribution is 5.81. The van der Waals surface area contributed by atoms with Gasteiger partial charge in [0.2, 0.25) is 5.91 Å². The van der Waals surface area contributed by atoms with Crippen LogP contribution in [0.15, 0.2) is 23.3 Å². The molecule has 0 aliphatic rings. The second kappa shape index (κ2) is 8.66. The van der Waals surface area contributed by atoms with Gasteiger partial charge in [-0.3, -0.25) is 14.2 Å². The third-order valence-corrected chi connectivity index (χ3v) is 4.51. The summed E-state index contributed by atoms with van der Waals surface area (Å²) >= 11 is 0. The Morgan fingerprint density at radius 1 is 1.31 bits per heavy atom. The van der Waals surface area contributed by atoms with Gasteiger partial charge in [-0.25, -0.2) is 4.98 Å². The van der Waals surface area contributed by atoms with Gasteiger partial charge in [0.05, 0.1) is 31.4 Å². The number of nitrogens with zero attached hydrogens (tertiary/aromatic N) is 3. The summed E-state index contributed by atoms with van der Waals surface area (Å²) < 4.78 is 12.0. The van der Waals surface area contributed by atoms with Gasteiger partial charge in [-0.2, -0.15) is 0 Å². The van der Waals surface area contributed by atoms with E-state index in [-0.39, 0.29) is 17.5 Å². The molecule has 0 bridgehead atoms. The molecule has 1 heterocycles. The van der Waals surface area contributed by atoms with E-state index in [1.165, 1.54) is 25.1 Å². The van der Waals surface area contributed by atoms with Crippen molar-refractivity contribution in [3.8, 4) is 11.5 Å². The molecule has 2 N–H and O–H groups in total. The fourth-order valence-corrected chi connectivity index (χ4v) is 2.63. The quantitative estimate of drug-likeness (QED) is 0.752. The topological polar surface area (TPSA) is 99.7 Å². The van der Waals surface area contributed by atoms with E-state index in [1.54, 1.807) is 24.1 Å². The summed E-state index contributed by atoms with van der Waals surface area (Å²) in [4.78, 5) is 30.8. The minimum absolute atomic E-state index is 0.00463. The standard InChI is InChI=1S/C18H26N4O4/c1-12(10-19)21(2)17(23)6-5-7-22-11-20-14-9-16(26-4)15(25-3)8-13(14)18(22)24/h8-9,11-12H,5-7,10,19H2,1-4H3. The van der Waals surface area contributed by atoms with Crippen LogP contribution in [-0.2, 0) is 11.3 Å². The van der Waals surface area contributed by atoms with Crippen molar-refractivity contribution >= 4 is 16.8 Å². The number of amides is 1. The van der Waals surface area contributed by atoms with Gasteiger partial charge in [0.15, 0.2) is 11.5 Å². The van der Waals surface area contributed by atoms with Crippen LogP contribution in [0.1, 0.15) is 19.8 Å². The number of carbonyl (C=O) groups is 1. The summed E-state index contributed by atoms with van der Waals surface area (Å²) in [5, 5.41) is 0.449. The predicted octanol–water partition coefficient (Wildman–Crippen LogP) is 1.000. The Bertz CT molecular complexity index is 834. The summed E-state index contributed by atoms with van der Waals surface area (Å²) in [6, 6.07) is 3.30. The molecule has 1 atom stereocenters. The monoisotopic (exact) mass is 362 g/mol. The molecule has 0 aliphatic carbocycles. The van der Waals surface area contributed by atoms with Gasteiger partial charge in [-0.1, -0.05) is 0 Å². The zero-order valence-corrected chi connectivity index (χ0v) is 15.7. The molecule has 1 unspecified atom stereocenters. The Hall–Kier alpha value is -2.61.